The summed E-state index contributed by atoms with van der Waals surface area (Å²) in [4.78, 5) is 14.7. The van der Waals surface area contributed by atoms with Gasteiger partial charge in [-0.1, -0.05) is 6.92 Å². The van der Waals surface area contributed by atoms with Gasteiger partial charge in [0.05, 0.1) is 29.8 Å². The second-order valence-corrected chi connectivity index (χ2v) is 7.78. The Morgan fingerprint density at radius 3 is 2.84 bits per heavy atom. The maximum absolute atomic E-state index is 10.0. The molecule has 0 aliphatic heterocycles. The van der Waals surface area contributed by atoms with Gasteiger partial charge in [0, 0.05) is 23.2 Å². The summed E-state index contributed by atoms with van der Waals surface area (Å²) in [5, 5.41) is 19.6. The molecule has 0 spiro atoms. The molecule has 4 aromatic heterocycles. The van der Waals surface area contributed by atoms with E-state index in [9.17, 15) is 5.11 Å². The predicted molar refractivity (Wildman–Crippen MR) is 98.0 cm³/mol. The molecule has 0 fully saturated rings. The zero-order valence-electron chi connectivity index (χ0n) is 14.0. The average molecular weight is 374 g/mol. The lowest BCUT2D eigenvalue weighted by Crippen LogP contribution is -2.18. The molecule has 0 aliphatic rings. The number of hydrogen-bond donors (Lipinski definition) is 1. The number of aliphatic hydroxyl groups excluding tert-OH is 1. The number of hydrogen-bond acceptors (Lipinski definition) is 7. The van der Waals surface area contributed by atoms with E-state index in [2.05, 4.69) is 20.1 Å². The summed E-state index contributed by atoms with van der Waals surface area (Å²) in [7, 11) is 0. The summed E-state index contributed by atoms with van der Waals surface area (Å²) in [6.45, 7) is 4.34. The molecule has 1 atom stereocenters. The van der Waals surface area contributed by atoms with Crippen molar-refractivity contribution < 1.29 is 5.11 Å². The second kappa shape index (κ2) is 6.66. The molecule has 0 amide bonds. The van der Waals surface area contributed by atoms with E-state index in [-0.39, 0.29) is 0 Å². The largest absolute Gasteiger partial charge is 0.391 e. The number of fused-ring (bicyclic) bond motifs is 1. The van der Waals surface area contributed by atoms with Crippen LogP contribution in [0.3, 0.4) is 0 Å². The molecule has 9 heteroatoms. The Hall–Kier alpha value is -2.10. The van der Waals surface area contributed by atoms with Gasteiger partial charge >= 0.3 is 0 Å². The Bertz CT molecular complexity index is 969. The van der Waals surface area contributed by atoms with Gasteiger partial charge in [-0.3, -0.25) is 4.40 Å². The first kappa shape index (κ1) is 16.4. The Balaban J connectivity index is 1.68. The molecule has 0 aromatic carbocycles. The molecule has 0 bridgehead atoms. The Kier molecular flexibility index (Phi) is 4.36. The van der Waals surface area contributed by atoms with Gasteiger partial charge in [-0.2, -0.15) is 0 Å². The molecule has 1 N–H and O–H groups in total. The summed E-state index contributed by atoms with van der Waals surface area (Å²) in [5.41, 5.74) is 1.71. The summed E-state index contributed by atoms with van der Waals surface area (Å²) < 4.78 is 3.79. The van der Waals surface area contributed by atoms with Gasteiger partial charge in [0.2, 0.25) is 5.82 Å². The number of imidazole rings is 1. The maximum Gasteiger partial charge on any atom is 0.200 e. The number of aryl methyl sites for hydroxylation is 1. The minimum absolute atomic E-state index is 0.421. The van der Waals surface area contributed by atoms with Crippen molar-refractivity contribution >= 4 is 27.6 Å². The number of aromatic nitrogens is 6. The molecule has 0 aliphatic carbocycles. The molecule has 4 rings (SSSR count). The molecule has 130 valence electrons. The molecule has 0 saturated heterocycles. The van der Waals surface area contributed by atoms with Crippen molar-refractivity contribution in [2.45, 2.75) is 39.3 Å². The molecule has 25 heavy (non-hydrogen) atoms. The number of rotatable bonds is 6. The van der Waals surface area contributed by atoms with Crippen LogP contribution in [0.5, 0.6) is 0 Å². The Labute approximate surface area is 152 Å². The Morgan fingerprint density at radius 1 is 1.24 bits per heavy atom. The van der Waals surface area contributed by atoms with Crippen LogP contribution < -0.4 is 0 Å². The van der Waals surface area contributed by atoms with E-state index in [1.165, 1.54) is 0 Å². The van der Waals surface area contributed by atoms with Gasteiger partial charge in [-0.15, -0.1) is 27.8 Å². The normalized spacial score (nSPS) is 12.9. The van der Waals surface area contributed by atoms with E-state index >= 15 is 0 Å². The summed E-state index contributed by atoms with van der Waals surface area (Å²) in [5.74, 6) is 1.39. The topological polar surface area (TPSA) is 81.1 Å². The highest BCUT2D eigenvalue weighted by molar-refractivity contribution is 7.15. The second-order valence-electron chi connectivity index (χ2n) is 5.85. The van der Waals surface area contributed by atoms with Crippen molar-refractivity contribution in [1.82, 2.24) is 29.1 Å². The van der Waals surface area contributed by atoms with Crippen molar-refractivity contribution in [2.75, 3.05) is 0 Å². The van der Waals surface area contributed by atoms with E-state index in [0.717, 1.165) is 27.2 Å². The molecular weight excluding hydrogens is 356 g/mol. The van der Waals surface area contributed by atoms with Gasteiger partial charge in [0.25, 0.3) is 0 Å². The first-order chi connectivity index (χ1) is 12.1. The van der Waals surface area contributed by atoms with Gasteiger partial charge < -0.3 is 5.11 Å². The number of aliphatic hydroxyl groups is 1. The smallest absolute Gasteiger partial charge is 0.200 e. The lowest BCUT2D eigenvalue weighted by atomic mass is 10.2. The van der Waals surface area contributed by atoms with Crippen LogP contribution in [0.2, 0.25) is 0 Å². The van der Waals surface area contributed by atoms with Crippen LogP contribution in [0.1, 0.15) is 29.9 Å². The first-order valence-electron chi connectivity index (χ1n) is 8.07. The number of nitrogens with zero attached hydrogens (tertiary/aromatic N) is 6. The van der Waals surface area contributed by atoms with Crippen molar-refractivity contribution in [2.24, 2.45) is 0 Å². The fraction of sp³-hybridized carbons (Fsp3) is 0.375. The van der Waals surface area contributed by atoms with Gasteiger partial charge in [-0.05, 0) is 13.3 Å². The van der Waals surface area contributed by atoms with Crippen LogP contribution in [0.15, 0.2) is 23.2 Å². The van der Waals surface area contributed by atoms with E-state index in [4.69, 9.17) is 0 Å². The van der Waals surface area contributed by atoms with Gasteiger partial charge in [0.15, 0.2) is 4.96 Å². The van der Waals surface area contributed by atoms with Crippen molar-refractivity contribution in [3.63, 3.8) is 0 Å². The molecular formula is C16H18N6OS2. The quantitative estimate of drug-likeness (QED) is 0.561. The summed E-state index contributed by atoms with van der Waals surface area (Å²) in [6, 6.07) is 0. The lowest BCUT2D eigenvalue weighted by molar-refractivity contribution is 0.144. The summed E-state index contributed by atoms with van der Waals surface area (Å²) in [6.07, 6.45) is 4.79. The molecule has 4 heterocycles. The minimum atomic E-state index is -0.448. The van der Waals surface area contributed by atoms with E-state index in [0.29, 0.717) is 25.2 Å². The zero-order chi connectivity index (χ0) is 17.4. The third-order valence-electron chi connectivity index (χ3n) is 3.93. The molecule has 0 radical (unpaired) electrons. The predicted octanol–water partition coefficient (Wildman–Crippen LogP) is 2.78. The van der Waals surface area contributed by atoms with Crippen LogP contribution in [-0.2, 0) is 13.0 Å². The highest BCUT2D eigenvalue weighted by atomic mass is 32.1. The lowest BCUT2D eigenvalue weighted by Gasteiger charge is -2.09. The highest BCUT2D eigenvalue weighted by Crippen LogP contribution is 2.20. The van der Waals surface area contributed by atoms with E-state index in [1.54, 1.807) is 27.4 Å². The molecule has 1 unspecified atom stereocenters. The SMILES string of the molecule is CCC(O)Cn1nc(-c2csc(C)n2)nc1Cc1cn2ccsc2n1. The van der Waals surface area contributed by atoms with Crippen LogP contribution in [-0.4, -0.2) is 40.3 Å². The van der Waals surface area contributed by atoms with Crippen LogP contribution in [0, 0.1) is 6.92 Å². The first-order valence-corrected chi connectivity index (χ1v) is 9.83. The third-order valence-corrected chi connectivity index (χ3v) is 5.48. The van der Waals surface area contributed by atoms with Crippen molar-refractivity contribution in [3.05, 3.63) is 39.7 Å². The zero-order valence-corrected chi connectivity index (χ0v) is 15.6. The highest BCUT2D eigenvalue weighted by Gasteiger charge is 2.17. The van der Waals surface area contributed by atoms with Crippen molar-refractivity contribution in [1.29, 1.82) is 0 Å². The van der Waals surface area contributed by atoms with E-state index in [1.807, 2.05) is 41.4 Å². The monoisotopic (exact) mass is 374 g/mol. The van der Waals surface area contributed by atoms with Gasteiger partial charge in [-0.25, -0.2) is 19.6 Å². The Morgan fingerprint density at radius 2 is 2.12 bits per heavy atom. The van der Waals surface area contributed by atoms with Crippen LogP contribution >= 0.6 is 22.7 Å². The van der Waals surface area contributed by atoms with Crippen molar-refractivity contribution in [3.8, 4) is 11.5 Å². The van der Waals surface area contributed by atoms with Crippen LogP contribution in [0.25, 0.3) is 16.5 Å². The maximum atomic E-state index is 10.0. The van der Waals surface area contributed by atoms with E-state index < -0.39 is 6.10 Å². The molecule has 0 saturated carbocycles. The van der Waals surface area contributed by atoms with Gasteiger partial charge in [0.1, 0.15) is 11.5 Å². The fourth-order valence-electron chi connectivity index (χ4n) is 2.58. The summed E-state index contributed by atoms with van der Waals surface area (Å²) >= 11 is 3.18. The number of thiazole rings is 2. The van der Waals surface area contributed by atoms with Crippen LogP contribution in [0.4, 0.5) is 0 Å². The average Bonchev–Trinajstić information content (AvgIpc) is 3.32. The third kappa shape index (κ3) is 3.35. The molecule has 4 aromatic rings. The molecule has 7 nitrogen and oxygen atoms in total. The fourth-order valence-corrected chi connectivity index (χ4v) is 3.89. The standard InChI is InChI=1S/C16H18N6OS2/c1-3-12(23)8-22-14(6-11-7-21-4-5-24-16(21)18-11)19-15(20-22)13-9-25-10(2)17-13/h4-5,7,9,12,23H,3,6,8H2,1-2H3. The minimum Gasteiger partial charge on any atom is -0.391 e.